The molecule has 0 spiro atoms. The van der Waals surface area contributed by atoms with Gasteiger partial charge in [-0.15, -0.1) is 0 Å². The van der Waals surface area contributed by atoms with E-state index in [-0.39, 0.29) is 16.7 Å². The molecule has 1 amide bonds. The Labute approximate surface area is 270 Å². The number of hydrogen-bond donors (Lipinski definition) is 0. The van der Waals surface area contributed by atoms with Crippen molar-refractivity contribution in [2.24, 2.45) is 0 Å². The lowest BCUT2D eigenvalue weighted by Crippen LogP contribution is -2.42. The highest BCUT2D eigenvalue weighted by Crippen LogP contribution is 2.40. The third-order valence-electron chi connectivity index (χ3n) is 8.92. The Kier molecular flexibility index (Phi) is 6.93. The van der Waals surface area contributed by atoms with Gasteiger partial charge in [0, 0.05) is 41.8 Å². The highest BCUT2D eigenvalue weighted by Gasteiger charge is 2.29. The van der Waals surface area contributed by atoms with Crippen LogP contribution in [-0.4, -0.2) is 34.1 Å². The molecule has 0 fully saturated rings. The van der Waals surface area contributed by atoms with Gasteiger partial charge in [0.2, 0.25) is 0 Å². The molecule has 1 aliphatic rings. The summed E-state index contributed by atoms with van der Waals surface area (Å²) in [7, 11) is 1.84. The summed E-state index contributed by atoms with van der Waals surface area (Å²) in [4.78, 5) is 21.7. The number of benzene rings is 4. The molecule has 6 nitrogen and oxygen atoms in total. The molecule has 7 rings (SSSR count). The van der Waals surface area contributed by atoms with Gasteiger partial charge in [-0.1, -0.05) is 71.9 Å². The third kappa shape index (κ3) is 5.18. The number of carbonyl (C=O) groups is 1. The fraction of sp³-hybridized carbons (Fsp3) is 0.250. The molecule has 0 saturated heterocycles. The lowest BCUT2D eigenvalue weighted by atomic mass is 9.86. The van der Waals surface area contributed by atoms with Crippen molar-refractivity contribution in [2.75, 3.05) is 18.6 Å². The zero-order valence-electron chi connectivity index (χ0n) is 27.6. The van der Waals surface area contributed by atoms with E-state index in [9.17, 15) is 4.79 Å². The van der Waals surface area contributed by atoms with Gasteiger partial charge in [-0.25, -0.2) is 4.98 Å². The van der Waals surface area contributed by atoms with E-state index in [1.807, 2.05) is 43.6 Å². The number of hydrogen-bond acceptors (Lipinski definition) is 4. The number of nitrogens with zero attached hydrogens (tertiary/aromatic N) is 4. The van der Waals surface area contributed by atoms with Crippen LogP contribution in [0.5, 0.6) is 11.5 Å². The second kappa shape index (κ2) is 10.8. The number of fused-ring (bicyclic) bond motifs is 4. The first-order valence-corrected chi connectivity index (χ1v) is 15.8. The fourth-order valence-corrected chi connectivity index (χ4v) is 6.30. The molecule has 0 radical (unpaired) electrons. The van der Waals surface area contributed by atoms with Crippen LogP contribution in [-0.2, 0) is 10.8 Å². The Balaban J connectivity index is 1.35. The summed E-state index contributed by atoms with van der Waals surface area (Å²) in [6, 6.07) is 33.3. The standard InChI is InChI=1S/C40H40N4O2/c1-39(2,3)26-18-19-41-37(22-26)44-35-15-11-8-12-31(35)32-17-16-29(24-36(32)44)46-30-21-27(40(4,5)6)20-28(23-30)43-25-42(7)38(45)33-13-9-10-14-34(33)43/h8-24H,25H2,1-7H3. The molecule has 0 atom stereocenters. The van der Waals surface area contributed by atoms with Gasteiger partial charge in [0.05, 0.1) is 29.0 Å². The fourth-order valence-electron chi connectivity index (χ4n) is 6.30. The van der Waals surface area contributed by atoms with Gasteiger partial charge in [-0.3, -0.25) is 9.36 Å². The lowest BCUT2D eigenvalue weighted by molar-refractivity contribution is 0.0787. The molecule has 3 heterocycles. The van der Waals surface area contributed by atoms with Crippen molar-refractivity contribution in [3.63, 3.8) is 0 Å². The second-order valence-electron chi connectivity index (χ2n) is 14.3. The number of amides is 1. The van der Waals surface area contributed by atoms with E-state index in [4.69, 9.17) is 9.72 Å². The molecular weight excluding hydrogens is 568 g/mol. The molecule has 2 aromatic heterocycles. The summed E-state index contributed by atoms with van der Waals surface area (Å²) < 4.78 is 8.95. The maximum Gasteiger partial charge on any atom is 0.257 e. The van der Waals surface area contributed by atoms with E-state index in [2.05, 4.69) is 118 Å². The summed E-state index contributed by atoms with van der Waals surface area (Å²) in [5.74, 6) is 2.40. The Morgan fingerprint density at radius 1 is 0.696 bits per heavy atom. The van der Waals surface area contributed by atoms with Gasteiger partial charge < -0.3 is 14.5 Å². The maximum atomic E-state index is 13.0. The number of carbonyl (C=O) groups excluding carboxylic acids is 1. The van der Waals surface area contributed by atoms with Crippen LogP contribution in [0.3, 0.4) is 0 Å². The van der Waals surface area contributed by atoms with Crippen molar-refractivity contribution in [3.8, 4) is 17.3 Å². The first-order chi connectivity index (χ1) is 21.9. The van der Waals surface area contributed by atoms with Crippen molar-refractivity contribution >= 4 is 39.1 Å². The van der Waals surface area contributed by atoms with Crippen molar-refractivity contribution < 1.29 is 9.53 Å². The van der Waals surface area contributed by atoms with Crippen molar-refractivity contribution in [1.29, 1.82) is 0 Å². The van der Waals surface area contributed by atoms with E-state index in [1.54, 1.807) is 4.90 Å². The first kappa shape index (κ1) is 29.6. The van der Waals surface area contributed by atoms with Crippen LogP contribution >= 0.6 is 0 Å². The Morgan fingerprint density at radius 2 is 1.41 bits per heavy atom. The van der Waals surface area contributed by atoms with Crippen LogP contribution in [0.4, 0.5) is 11.4 Å². The van der Waals surface area contributed by atoms with E-state index >= 15 is 0 Å². The molecule has 46 heavy (non-hydrogen) atoms. The SMILES string of the molecule is CN1CN(c2cc(Oc3ccc4c5ccccc5n(-c5cc(C(C)(C)C)ccn5)c4c3)cc(C(C)(C)C)c2)c2ccccc2C1=O. The van der Waals surface area contributed by atoms with Gasteiger partial charge in [0.1, 0.15) is 17.3 Å². The van der Waals surface area contributed by atoms with E-state index in [1.165, 1.54) is 10.9 Å². The van der Waals surface area contributed by atoms with E-state index in [0.717, 1.165) is 50.7 Å². The predicted molar refractivity (Wildman–Crippen MR) is 188 cm³/mol. The van der Waals surface area contributed by atoms with Crippen LogP contribution < -0.4 is 9.64 Å². The third-order valence-corrected chi connectivity index (χ3v) is 8.92. The maximum absolute atomic E-state index is 13.0. The van der Waals surface area contributed by atoms with E-state index in [0.29, 0.717) is 12.2 Å². The quantitative estimate of drug-likeness (QED) is 0.200. The smallest absolute Gasteiger partial charge is 0.257 e. The minimum absolute atomic E-state index is 0.00251. The zero-order chi connectivity index (χ0) is 32.4. The minimum atomic E-state index is -0.120. The number of pyridine rings is 1. The van der Waals surface area contributed by atoms with E-state index < -0.39 is 0 Å². The summed E-state index contributed by atoms with van der Waals surface area (Å²) >= 11 is 0. The number of para-hydroxylation sites is 2. The Morgan fingerprint density at radius 3 is 2.20 bits per heavy atom. The molecule has 0 unspecified atom stereocenters. The molecule has 0 bridgehead atoms. The number of rotatable bonds is 4. The highest BCUT2D eigenvalue weighted by molar-refractivity contribution is 6.09. The van der Waals surface area contributed by atoms with Crippen LogP contribution in [0.25, 0.3) is 27.6 Å². The van der Waals surface area contributed by atoms with Crippen LogP contribution in [0, 0.1) is 0 Å². The lowest BCUT2D eigenvalue weighted by Gasteiger charge is -2.37. The topological polar surface area (TPSA) is 50.6 Å². The van der Waals surface area contributed by atoms with Gasteiger partial charge in [-0.05, 0) is 76.6 Å². The van der Waals surface area contributed by atoms with Gasteiger partial charge in [0.15, 0.2) is 0 Å². The second-order valence-corrected chi connectivity index (χ2v) is 14.3. The predicted octanol–water partition coefficient (Wildman–Crippen LogP) is 9.75. The van der Waals surface area contributed by atoms with Crippen molar-refractivity contribution in [3.05, 3.63) is 120 Å². The number of ether oxygens (including phenoxy) is 1. The zero-order valence-corrected chi connectivity index (χ0v) is 27.6. The molecule has 232 valence electrons. The van der Waals surface area contributed by atoms with Gasteiger partial charge >= 0.3 is 0 Å². The molecule has 6 aromatic rings. The highest BCUT2D eigenvalue weighted by atomic mass is 16.5. The molecular formula is C40H40N4O2. The Bertz CT molecular complexity index is 2130. The largest absolute Gasteiger partial charge is 0.457 e. The molecule has 4 aromatic carbocycles. The Hall–Kier alpha value is -5.10. The van der Waals surface area contributed by atoms with Crippen LogP contribution in [0.15, 0.2) is 103 Å². The van der Waals surface area contributed by atoms with Crippen LogP contribution in [0.2, 0.25) is 0 Å². The molecule has 1 aliphatic heterocycles. The average Bonchev–Trinajstić information content (AvgIpc) is 3.35. The van der Waals surface area contributed by atoms with Crippen LogP contribution in [0.1, 0.15) is 63.0 Å². The van der Waals surface area contributed by atoms with Gasteiger partial charge in [-0.2, -0.15) is 0 Å². The number of anilines is 2. The molecule has 0 aliphatic carbocycles. The summed E-state index contributed by atoms with van der Waals surface area (Å²) in [6.45, 7) is 13.7. The number of aromatic nitrogens is 2. The van der Waals surface area contributed by atoms with Gasteiger partial charge in [0.25, 0.3) is 5.91 Å². The molecule has 0 N–H and O–H groups in total. The normalized spacial score (nSPS) is 13.8. The summed E-state index contributed by atoms with van der Waals surface area (Å²) in [5, 5.41) is 2.32. The monoisotopic (exact) mass is 608 g/mol. The van der Waals surface area contributed by atoms with Crippen molar-refractivity contribution in [2.45, 2.75) is 52.4 Å². The molecule has 6 heteroatoms. The van der Waals surface area contributed by atoms with Crippen molar-refractivity contribution in [1.82, 2.24) is 14.5 Å². The summed E-state index contributed by atoms with van der Waals surface area (Å²) in [6.07, 6.45) is 1.90. The molecule has 0 saturated carbocycles. The summed E-state index contributed by atoms with van der Waals surface area (Å²) in [5.41, 5.74) is 6.97. The minimum Gasteiger partial charge on any atom is -0.457 e. The first-order valence-electron chi connectivity index (χ1n) is 15.8. The average molecular weight is 609 g/mol.